The Labute approximate surface area is 108 Å². The normalized spacial score (nSPS) is 20.0. The molecule has 1 aliphatic carbocycles. The summed E-state index contributed by atoms with van der Waals surface area (Å²) in [6.45, 7) is 4.03. The summed E-state index contributed by atoms with van der Waals surface area (Å²) in [5.74, 6) is 0. The second-order valence-electron chi connectivity index (χ2n) is 4.66. The molecular formula is C14H17ClN2. The molecule has 1 aromatic rings. The average Bonchev–Trinajstić information content (AvgIpc) is 2.96. The smallest absolute Gasteiger partial charge is 0.106 e. The zero-order valence-electron chi connectivity index (χ0n) is 9.65. The van der Waals surface area contributed by atoms with Gasteiger partial charge in [-0.15, -0.1) is 19.0 Å². The fourth-order valence-corrected chi connectivity index (χ4v) is 2.81. The molecule has 2 aliphatic rings. The first kappa shape index (κ1) is 12.1. The lowest BCUT2D eigenvalue weighted by Gasteiger charge is -2.32. The van der Waals surface area contributed by atoms with E-state index in [2.05, 4.69) is 47.6 Å². The Morgan fingerprint density at radius 2 is 1.65 bits per heavy atom. The minimum absolute atomic E-state index is 0. The topological polar surface area (TPSA) is 24.1 Å². The Kier molecular flexibility index (Phi) is 3.16. The van der Waals surface area contributed by atoms with Crippen molar-refractivity contribution in [3.63, 3.8) is 0 Å². The molecule has 0 atom stereocenters. The second kappa shape index (κ2) is 4.46. The van der Waals surface area contributed by atoms with Gasteiger partial charge in [0.05, 0.1) is 0 Å². The third-order valence-corrected chi connectivity index (χ3v) is 3.75. The van der Waals surface area contributed by atoms with Crippen LogP contribution in [0.15, 0.2) is 49.3 Å². The van der Waals surface area contributed by atoms with Gasteiger partial charge in [-0.25, -0.2) is 0 Å². The summed E-state index contributed by atoms with van der Waals surface area (Å²) in [5, 5.41) is 6.72. The van der Waals surface area contributed by atoms with Crippen LogP contribution in [0.3, 0.4) is 0 Å². The fraction of sp³-hybridized carbons (Fsp3) is 0.286. The lowest BCUT2D eigenvalue weighted by molar-refractivity contribution is 0.277. The lowest BCUT2D eigenvalue weighted by Crippen LogP contribution is -2.47. The quantitative estimate of drug-likeness (QED) is 0.786. The van der Waals surface area contributed by atoms with E-state index in [-0.39, 0.29) is 24.0 Å². The molecule has 2 N–H and O–H groups in total. The SMILES string of the molecule is C=CC1(C2NC=CN2)Cc2ccccc2C1.Cl. The average molecular weight is 249 g/mol. The highest BCUT2D eigenvalue weighted by molar-refractivity contribution is 5.85. The molecule has 0 saturated carbocycles. The van der Waals surface area contributed by atoms with Gasteiger partial charge in [0.2, 0.25) is 0 Å². The van der Waals surface area contributed by atoms with E-state index in [9.17, 15) is 0 Å². The molecule has 0 amide bonds. The largest absolute Gasteiger partial charge is 0.369 e. The predicted molar refractivity (Wildman–Crippen MR) is 72.9 cm³/mol. The highest BCUT2D eigenvalue weighted by Crippen LogP contribution is 2.40. The van der Waals surface area contributed by atoms with Crippen LogP contribution in [0.1, 0.15) is 11.1 Å². The molecule has 0 fully saturated rings. The molecule has 0 saturated heterocycles. The van der Waals surface area contributed by atoms with E-state index in [0.717, 1.165) is 12.8 Å². The van der Waals surface area contributed by atoms with Gasteiger partial charge in [0.25, 0.3) is 0 Å². The summed E-state index contributed by atoms with van der Waals surface area (Å²) in [6.07, 6.45) is 8.46. The van der Waals surface area contributed by atoms with Gasteiger partial charge in [-0.1, -0.05) is 30.3 Å². The van der Waals surface area contributed by atoms with Crippen molar-refractivity contribution in [2.45, 2.75) is 19.0 Å². The van der Waals surface area contributed by atoms with Gasteiger partial charge >= 0.3 is 0 Å². The lowest BCUT2D eigenvalue weighted by atomic mass is 9.81. The van der Waals surface area contributed by atoms with Crippen molar-refractivity contribution in [2.24, 2.45) is 5.41 Å². The molecule has 0 aromatic heterocycles. The molecule has 17 heavy (non-hydrogen) atoms. The van der Waals surface area contributed by atoms with Crippen LogP contribution in [0.2, 0.25) is 0 Å². The maximum absolute atomic E-state index is 4.03. The number of halogens is 1. The van der Waals surface area contributed by atoms with Crippen molar-refractivity contribution >= 4 is 12.4 Å². The van der Waals surface area contributed by atoms with Gasteiger partial charge < -0.3 is 10.6 Å². The standard InChI is InChI=1S/C14H16N2.ClH/c1-2-14(13-15-7-8-16-13)9-11-5-3-4-6-12(11)10-14;/h2-8,13,15-16H,1,9-10H2;1H. The maximum atomic E-state index is 4.03. The van der Waals surface area contributed by atoms with Crippen LogP contribution >= 0.6 is 12.4 Å². The highest BCUT2D eigenvalue weighted by atomic mass is 35.5. The van der Waals surface area contributed by atoms with Crippen molar-refractivity contribution in [3.05, 3.63) is 60.4 Å². The van der Waals surface area contributed by atoms with Crippen molar-refractivity contribution in [1.29, 1.82) is 0 Å². The van der Waals surface area contributed by atoms with Gasteiger partial charge in [0.1, 0.15) is 6.17 Å². The predicted octanol–water partition coefficient (Wildman–Crippen LogP) is 2.37. The minimum Gasteiger partial charge on any atom is -0.369 e. The minimum atomic E-state index is 0. The van der Waals surface area contributed by atoms with E-state index in [1.54, 1.807) is 0 Å². The molecule has 1 heterocycles. The Hall–Kier alpha value is -1.41. The number of hydrogen-bond acceptors (Lipinski definition) is 2. The molecule has 1 aromatic carbocycles. The highest BCUT2D eigenvalue weighted by Gasteiger charge is 2.41. The van der Waals surface area contributed by atoms with Crippen molar-refractivity contribution in [3.8, 4) is 0 Å². The van der Waals surface area contributed by atoms with Crippen molar-refractivity contribution < 1.29 is 0 Å². The molecule has 90 valence electrons. The van der Waals surface area contributed by atoms with Crippen LogP contribution in [0.5, 0.6) is 0 Å². The van der Waals surface area contributed by atoms with Crippen LogP contribution in [-0.4, -0.2) is 6.17 Å². The number of hydrogen-bond donors (Lipinski definition) is 2. The Bertz CT molecular complexity index is 420. The van der Waals surface area contributed by atoms with Crippen LogP contribution in [-0.2, 0) is 12.8 Å². The van der Waals surface area contributed by atoms with E-state index >= 15 is 0 Å². The second-order valence-corrected chi connectivity index (χ2v) is 4.66. The third kappa shape index (κ3) is 1.83. The van der Waals surface area contributed by atoms with E-state index in [4.69, 9.17) is 0 Å². The molecular weight excluding hydrogens is 232 g/mol. The van der Waals surface area contributed by atoms with Crippen molar-refractivity contribution in [2.75, 3.05) is 0 Å². The first-order valence-corrected chi connectivity index (χ1v) is 5.72. The molecule has 0 radical (unpaired) electrons. The van der Waals surface area contributed by atoms with Gasteiger partial charge in [0.15, 0.2) is 0 Å². The monoisotopic (exact) mass is 248 g/mol. The summed E-state index contributed by atoms with van der Waals surface area (Å²) in [6, 6.07) is 8.68. The Morgan fingerprint density at radius 1 is 1.12 bits per heavy atom. The van der Waals surface area contributed by atoms with E-state index in [1.165, 1.54) is 11.1 Å². The molecule has 3 rings (SSSR count). The van der Waals surface area contributed by atoms with Gasteiger partial charge in [-0.2, -0.15) is 0 Å². The number of rotatable bonds is 2. The zero-order valence-corrected chi connectivity index (χ0v) is 10.5. The number of nitrogens with one attached hydrogen (secondary N) is 2. The summed E-state index contributed by atoms with van der Waals surface area (Å²) < 4.78 is 0. The number of fused-ring (bicyclic) bond motifs is 1. The maximum Gasteiger partial charge on any atom is 0.106 e. The Morgan fingerprint density at radius 3 is 2.12 bits per heavy atom. The Balaban J connectivity index is 0.00000108. The molecule has 3 heteroatoms. The molecule has 2 nitrogen and oxygen atoms in total. The molecule has 1 aliphatic heterocycles. The van der Waals surface area contributed by atoms with Crippen molar-refractivity contribution in [1.82, 2.24) is 10.6 Å². The fourth-order valence-electron chi connectivity index (χ4n) is 2.81. The van der Waals surface area contributed by atoms with Crippen LogP contribution in [0.4, 0.5) is 0 Å². The van der Waals surface area contributed by atoms with Gasteiger partial charge in [-0.3, -0.25) is 0 Å². The van der Waals surface area contributed by atoms with E-state index in [0.29, 0.717) is 0 Å². The molecule has 0 spiro atoms. The van der Waals surface area contributed by atoms with E-state index in [1.807, 2.05) is 12.4 Å². The van der Waals surface area contributed by atoms with Gasteiger partial charge in [-0.05, 0) is 24.0 Å². The van der Waals surface area contributed by atoms with Gasteiger partial charge in [0, 0.05) is 17.8 Å². The molecule has 0 unspecified atom stereocenters. The first-order valence-electron chi connectivity index (χ1n) is 5.72. The first-order chi connectivity index (χ1) is 7.84. The summed E-state index contributed by atoms with van der Waals surface area (Å²) in [4.78, 5) is 0. The van der Waals surface area contributed by atoms with Crippen LogP contribution in [0, 0.1) is 5.41 Å². The number of benzene rings is 1. The van der Waals surface area contributed by atoms with Crippen LogP contribution in [0.25, 0.3) is 0 Å². The van der Waals surface area contributed by atoms with Crippen LogP contribution < -0.4 is 10.6 Å². The zero-order chi connectivity index (χ0) is 11.0. The van der Waals surface area contributed by atoms with E-state index < -0.39 is 0 Å². The summed E-state index contributed by atoms with van der Waals surface area (Å²) >= 11 is 0. The summed E-state index contributed by atoms with van der Waals surface area (Å²) in [7, 11) is 0. The summed E-state index contributed by atoms with van der Waals surface area (Å²) in [5.41, 5.74) is 3.02. The molecule has 0 bridgehead atoms. The third-order valence-electron chi connectivity index (χ3n) is 3.75.